The van der Waals surface area contributed by atoms with Crippen molar-refractivity contribution in [2.45, 2.75) is 38.9 Å². The molecular formula is C19H23F2N3O3. The normalized spacial score (nSPS) is 25.0. The highest BCUT2D eigenvalue weighted by molar-refractivity contribution is 6.03. The molecule has 1 N–H and O–H groups in total. The third kappa shape index (κ3) is 3.94. The lowest BCUT2D eigenvalue weighted by molar-refractivity contribution is -0.144. The molecule has 6 nitrogen and oxygen atoms in total. The molecular weight excluding hydrogens is 356 g/mol. The summed E-state index contributed by atoms with van der Waals surface area (Å²) in [5.74, 6) is -1.98. The first-order chi connectivity index (χ1) is 12.8. The predicted molar refractivity (Wildman–Crippen MR) is 95.4 cm³/mol. The van der Waals surface area contributed by atoms with Gasteiger partial charge in [0.25, 0.3) is 5.91 Å². The zero-order chi connectivity index (χ0) is 19.7. The predicted octanol–water partition coefficient (Wildman–Crippen LogP) is 2.21. The Kier molecular flexibility index (Phi) is 5.43. The summed E-state index contributed by atoms with van der Waals surface area (Å²) in [6.07, 6.45) is -0.370. The number of carbonyl (C=O) groups excluding carboxylic acids is 3. The van der Waals surface area contributed by atoms with E-state index in [1.807, 2.05) is 6.92 Å². The van der Waals surface area contributed by atoms with Crippen LogP contribution in [0.3, 0.4) is 0 Å². The molecule has 1 aliphatic carbocycles. The molecule has 2 aliphatic rings. The van der Waals surface area contributed by atoms with Crippen molar-refractivity contribution < 1.29 is 23.2 Å². The Morgan fingerprint density at radius 3 is 2.48 bits per heavy atom. The van der Waals surface area contributed by atoms with Crippen LogP contribution >= 0.6 is 0 Å². The van der Waals surface area contributed by atoms with Gasteiger partial charge in [0, 0.05) is 38.5 Å². The van der Waals surface area contributed by atoms with Crippen molar-refractivity contribution in [3.05, 3.63) is 29.6 Å². The Morgan fingerprint density at radius 1 is 1.19 bits per heavy atom. The number of hydrogen-bond acceptors (Lipinski definition) is 3. The number of piperazine rings is 1. The Balaban J connectivity index is 1.71. The number of benzene rings is 1. The van der Waals surface area contributed by atoms with Gasteiger partial charge < -0.3 is 15.1 Å². The molecule has 3 amide bonds. The van der Waals surface area contributed by atoms with Gasteiger partial charge in [0.15, 0.2) is 0 Å². The fourth-order valence-electron chi connectivity index (χ4n) is 3.65. The summed E-state index contributed by atoms with van der Waals surface area (Å²) < 4.78 is 27.3. The summed E-state index contributed by atoms with van der Waals surface area (Å²) in [5.41, 5.74) is -0.0546. The van der Waals surface area contributed by atoms with Crippen molar-refractivity contribution in [1.29, 1.82) is 0 Å². The van der Waals surface area contributed by atoms with Crippen molar-refractivity contribution in [2.24, 2.45) is 5.92 Å². The lowest BCUT2D eigenvalue weighted by Gasteiger charge is -2.43. The average Bonchev–Trinajstić information content (AvgIpc) is 2.57. The molecule has 0 aromatic heterocycles. The van der Waals surface area contributed by atoms with Crippen LogP contribution in [-0.4, -0.2) is 59.4 Å². The van der Waals surface area contributed by atoms with Crippen molar-refractivity contribution in [2.75, 3.05) is 25.0 Å². The van der Waals surface area contributed by atoms with Crippen LogP contribution < -0.4 is 5.32 Å². The first-order valence-electron chi connectivity index (χ1n) is 9.07. The van der Waals surface area contributed by atoms with Gasteiger partial charge >= 0.3 is 0 Å². The summed E-state index contributed by atoms with van der Waals surface area (Å²) in [7, 11) is 0. The summed E-state index contributed by atoms with van der Waals surface area (Å²) in [6, 6.07) is 3.83. The molecule has 27 heavy (non-hydrogen) atoms. The van der Waals surface area contributed by atoms with Crippen LogP contribution in [0.2, 0.25) is 0 Å². The zero-order valence-electron chi connectivity index (χ0n) is 15.4. The molecule has 146 valence electrons. The van der Waals surface area contributed by atoms with E-state index in [0.717, 1.165) is 0 Å². The molecule has 1 aromatic rings. The number of nitrogens with zero attached hydrogens (tertiary/aromatic N) is 2. The quantitative estimate of drug-likeness (QED) is 0.875. The van der Waals surface area contributed by atoms with E-state index in [9.17, 15) is 23.2 Å². The van der Waals surface area contributed by atoms with E-state index in [0.29, 0.717) is 6.54 Å². The van der Waals surface area contributed by atoms with E-state index in [-0.39, 0.29) is 55.0 Å². The van der Waals surface area contributed by atoms with Gasteiger partial charge in [0.1, 0.15) is 12.0 Å². The number of hydrogen-bond donors (Lipinski definition) is 1. The van der Waals surface area contributed by atoms with E-state index in [4.69, 9.17) is 0 Å². The molecule has 0 unspecified atom stereocenters. The van der Waals surface area contributed by atoms with Crippen molar-refractivity contribution in [3.8, 4) is 0 Å². The number of alkyl halides is 1. The van der Waals surface area contributed by atoms with Gasteiger partial charge in [-0.3, -0.25) is 14.4 Å². The first kappa shape index (κ1) is 19.3. The molecule has 1 aliphatic heterocycles. The second kappa shape index (κ2) is 7.62. The smallest absolute Gasteiger partial charge is 0.259 e. The standard InChI is InChI=1S/C19H23F2N3O3/c1-11-10-23(6-7-24(11)18(26)13-8-14(20)9-13)19(27)17-15(21)4-3-5-16(17)22-12(2)25/h3-5,11,13-14H,6-10H2,1-2H3,(H,22,25)/t11-,13?,14?/m1/s1. The maximum Gasteiger partial charge on any atom is 0.259 e. The second-order valence-electron chi connectivity index (χ2n) is 7.24. The molecule has 0 spiro atoms. The number of halogens is 2. The molecule has 1 saturated heterocycles. The molecule has 0 radical (unpaired) electrons. The second-order valence-corrected chi connectivity index (χ2v) is 7.24. The van der Waals surface area contributed by atoms with E-state index >= 15 is 0 Å². The van der Waals surface area contributed by atoms with Gasteiger partial charge in [0.2, 0.25) is 11.8 Å². The molecule has 1 aromatic carbocycles. The molecule has 0 bridgehead atoms. The topological polar surface area (TPSA) is 69.7 Å². The highest BCUT2D eigenvalue weighted by Gasteiger charge is 2.40. The Bertz CT molecular complexity index is 765. The van der Waals surface area contributed by atoms with Crippen molar-refractivity contribution in [1.82, 2.24) is 9.80 Å². The van der Waals surface area contributed by atoms with Crippen LogP contribution in [-0.2, 0) is 9.59 Å². The highest BCUT2D eigenvalue weighted by Crippen LogP contribution is 2.33. The van der Waals surface area contributed by atoms with Gasteiger partial charge in [-0.1, -0.05) is 6.07 Å². The van der Waals surface area contributed by atoms with Gasteiger partial charge in [-0.15, -0.1) is 0 Å². The van der Waals surface area contributed by atoms with Crippen LogP contribution in [0.25, 0.3) is 0 Å². The maximum atomic E-state index is 14.3. The summed E-state index contributed by atoms with van der Waals surface area (Å²) in [5, 5.41) is 2.48. The van der Waals surface area contributed by atoms with E-state index in [1.54, 1.807) is 4.90 Å². The minimum Gasteiger partial charge on any atom is -0.336 e. The molecule has 2 fully saturated rings. The Morgan fingerprint density at radius 2 is 1.89 bits per heavy atom. The fourth-order valence-corrected chi connectivity index (χ4v) is 3.65. The van der Waals surface area contributed by atoms with Crippen LogP contribution in [0, 0.1) is 11.7 Å². The third-order valence-corrected chi connectivity index (χ3v) is 5.17. The number of amides is 3. The van der Waals surface area contributed by atoms with Crippen molar-refractivity contribution >= 4 is 23.4 Å². The van der Waals surface area contributed by atoms with Gasteiger partial charge in [0.05, 0.1) is 11.3 Å². The summed E-state index contributed by atoms with van der Waals surface area (Å²) >= 11 is 0. The van der Waals surface area contributed by atoms with Crippen LogP contribution in [0.1, 0.15) is 37.0 Å². The molecule has 3 rings (SSSR count). The highest BCUT2D eigenvalue weighted by atomic mass is 19.1. The number of carbonyl (C=O) groups is 3. The fraction of sp³-hybridized carbons (Fsp3) is 0.526. The number of rotatable bonds is 3. The SMILES string of the molecule is CC(=O)Nc1cccc(F)c1C(=O)N1CCN(C(=O)C2CC(F)C2)[C@H](C)C1. The molecule has 1 atom stereocenters. The lowest BCUT2D eigenvalue weighted by Crippen LogP contribution is -2.57. The summed E-state index contributed by atoms with van der Waals surface area (Å²) in [4.78, 5) is 39.8. The van der Waals surface area contributed by atoms with Gasteiger partial charge in [-0.2, -0.15) is 0 Å². The van der Waals surface area contributed by atoms with Crippen LogP contribution in [0.15, 0.2) is 18.2 Å². The van der Waals surface area contributed by atoms with Crippen molar-refractivity contribution in [3.63, 3.8) is 0 Å². The van der Waals surface area contributed by atoms with Crippen LogP contribution in [0.4, 0.5) is 14.5 Å². The molecule has 8 heteroatoms. The number of nitrogens with one attached hydrogen (secondary N) is 1. The minimum atomic E-state index is -0.898. The maximum absolute atomic E-state index is 14.3. The largest absolute Gasteiger partial charge is 0.336 e. The minimum absolute atomic E-state index is 0.0756. The summed E-state index contributed by atoms with van der Waals surface area (Å²) in [6.45, 7) is 3.94. The monoisotopic (exact) mass is 379 g/mol. The molecule has 1 saturated carbocycles. The first-order valence-corrected chi connectivity index (χ1v) is 9.07. The van der Waals surface area contributed by atoms with E-state index < -0.39 is 23.8 Å². The van der Waals surface area contributed by atoms with Gasteiger partial charge in [-0.05, 0) is 31.9 Å². The Labute approximate surface area is 156 Å². The zero-order valence-corrected chi connectivity index (χ0v) is 15.4. The molecule has 1 heterocycles. The number of anilines is 1. The average molecular weight is 379 g/mol. The lowest BCUT2D eigenvalue weighted by atomic mass is 9.82. The van der Waals surface area contributed by atoms with E-state index in [1.165, 1.54) is 30.0 Å². The van der Waals surface area contributed by atoms with Gasteiger partial charge in [-0.25, -0.2) is 8.78 Å². The third-order valence-electron chi connectivity index (χ3n) is 5.17. The van der Waals surface area contributed by atoms with E-state index in [2.05, 4.69) is 5.32 Å². The Hall–Kier alpha value is -2.51. The van der Waals surface area contributed by atoms with Crippen LogP contribution in [0.5, 0.6) is 0 Å².